The third kappa shape index (κ3) is 4.14. The molecule has 0 bridgehead atoms. The average molecular weight is 464 g/mol. The Morgan fingerprint density at radius 3 is 2.64 bits per heavy atom. The fourth-order valence-corrected chi connectivity index (χ4v) is 4.45. The van der Waals surface area contributed by atoms with E-state index in [4.69, 9.17) is 4.52 Å². The highest BCUT2D eigenvalue weighted by atomic mass is 32.1. The molecule has 0 saturated heterocycles. The van der Waals surface area contributed by atoms with Crippen LogP contribution in [0.25, 0.3) is 16.3 Å². The number of carbonyl (C=O) groups is 1. The van der Waals surface area contributed by atoms with Crippen molar-refractivity contribution < 1.29 is 18.1 Å². The average Bonchev–Trinajstić information content (AvgIpc) is 3.50. The minimum absolute atomic E-state index is 0.212. The van der Waals surface area contributed by atoms with Gasteiger partial charge in [-0.15, -0.1) is 11.3 Å². The maximum atomic E-state index is 14.0. The summed E-state index contributed by atoms with van der Waals surface area (Å²) in [5.74, 6) is -0.111. The van der Waals surface area contributed by atoms with Crippen LogP contribution >= 0.6 is 11.3 Å². The molecule has 2 aromatic carbocycles. The maximum absolute atomic E-state index is 14.0. The largest absolute Gasteiger partial charge is 0.334 e. The fourth-order valence-electron chi connectivity index (χ4n) is 3.80. The van der Waals surface area contributed by atoms with Gasteiger partial charge in [0.15, 0.2) is 0 Å². The molecule has 9 heteroatoms. The Labute approximate surface area is 192 Å². The summed E-state index contributed by atoms with van der Waals surface area (Å²) in [6, 6.07) is 14.7. The van der Waals surface area contributed by atoms with E-state index in [1.165, 1.54) is 40.5 Å². The third-order valence-corrected chi connectivity index (χ3v) is 6.30. The molecule has 0 radical (unpaired) electrons. The van der Waals surface area contributed by atoms with E-state index < -0.39 is 11.9 Å². The number of aromatic nitrogens is 2. The van der Waals surface area contributed by atoms with Gasteiger partial charge in [-0.1, -0.05) is 35.5 Å². The summed E-state index contributed by atoms with van der Waals surface area (Å²) in [6.07, 6.45) is 0. The van der Waals surface area contributed by atoms with Crippen molar-refractivity contribution in [2.24, 2.45) is 0 Å². The number of hydrogen-bond donors (Lipinski definition) is 1. The highest BCUT2D eigenvalue weighted by Crippen LogP contribution is 2.38. The van der Waals surface area contributed by atoms with Gasteiger partial charge in [0.05, 0.1) is 23.0 Å². The molecule has 3 heterocycles. The number of hydrogen-bond acceptors (Lipinski definition) is 5. The molecule has 1 unspecified atom stereocenters. The number of amides is 2. The van der Waals surface area contributed by atoms with Gasteiger partial charge in [-0.3, -0.25) is 4.90 Å². The van der Waals surface area contributed by atoms with Crippen LogP contribution in [0.1, 0.15) is 30.0 Å². The SMILES string of the molecule is CC1=C(c2nc(-c3cccs3)no2)C(c2cccc(F)c2)NC(=O)N1Cc1ccc(F)cc1. The Morgan fingerprint density at radius 2 is 1.91 bits per heavy atom. The number of rotatable bonds is 5. The van der Waals surface area contributed by atoms with E-state index in [-0.39, 0.29) is 24.3 Å². The number of nitrogens with zero attached hydrogens (tertiary/aromatic N) is 3. The van der Waals surface area contributed by atoms with Gasteiger partial charge in [-0.25, -0.2) is 13.6 Å². The predicted octanol–water partition coefficient (Wildman–Crippen LogP) is 5.77. The molecular formula is C24H18F2N4O2S. The number of allylic oxidation sites excluding steroid dienone is 1. The highest BCUT2D eigenvalue weighted by molar-refractivity contribution is 7.13. The van der Waals surface area contributed by atoms with Gasteiger partial charge in [-0.2, -0.15) is 4.98 Å². The summed E-state index contributed by atoms with van der Waals surface area (Å²) in [5, 5.41) is 8.94. The second-order valence-corrected chi connectivity index (χ2v) is 8.50. The fraction of sp³-hybridized carbons (Fsp3) is 0.125. The molecule has 0 fully saturated rings. The molecule has 5 rings (SSSR count). The highest BCUT2D eigenvalue weighted by Gasteiger charge is 2.36. The van der Waals surface area contributed by atoms with E-state index in [0.29, 0.717) is 22.7 Å². The van der Waals surface area contributed by atoms with Crippen molar-refractivity contribution in [3.8, 4) is 10.7 Å². The third-order valence-electron chi connectivity index (χ3n) is 5.43. The standard InChI is InChI=1S/C24H18F2N4O2S/c1-14-20(23-28-22(29-32-23)19-6-3-11-33-19)21(16-4-2-5-18(26)12-16)27-24(31)30(14)13-15-7-9-17(25)10-8-15/h2-12,21H,13H2,1H3,(H,27,31). The van der Waals surface area contributed by atoms with Gasteiger partial charge in [0.25, 0.3) is 5.89 Å². The molecule has 2 aromatic heterocycles. The number of thiophene rings is 1. The number of nitrogens with one attached hydrogen (secondary N) is 1. The first-order valence-electron chi connectivity index (χ1n) is 10.2. The quantitative estimate of drug-likeness (QED) is 0.407. The lowest BCUT2D eigenvalue weighted by molar-refractivity contribution is 0.203. The predicted molar refractivity (Wildman–Crippen MR) is 120 cm³/mol. The molecule has 33 heavy (non-hydrogen) atoms. The van der Waals surface area contributed by atoms with Crippen molar-refractivity contribution in [1.82, 2.24) is 20.4 Å². The van der Waals surface area contributed by atoms with Crippen molar-refractivity contribution in [1.29, 1.82) is 0 Å². The van der Waals surface area contributed by atoms with Gasteiger partial charge in [0.1, 0.15) is 11.6 Å². The Morgan fingerprint density at radius 1 is 1.09 bits per heavy atom. The summed E-state index contributed by atoms with van der Waals surface area (Å²) in [6.45, 7) is 1.99. The first-order valence-corrected chi connectivity index (χ1v) is 11.0. The van der Waals surface area contributed by atoms with Crippen LogP contribution < -0.4 is 5.32 Å². The van der Waals surface area contributed by atoms with Gasteiger partial charge in [0, 0.05) is 5.70 Å². The van der Waals surface area contributed by atoms with Crippen molar-refractivity contribution >= 4 is 22.9 Å². The first kappa shape index (κ1) is 21.0. The van der Waals surface area contributed by atoms with Crippen LogP contribution in [0.3, 0.4) is 0 Å². The van der Waals surface area contributed by atoms with E-state index in [0.717, 1.165) is 10.4 Å². The van der Waals surface area contributed by atoms with E-state index in [1.54, 1.807) is 31.2 Å². The summed E-state index contributed by atoms with van der Waals surface area (Å²) < 4.78 is 32.9. The molecule has 0 spiro atoms. The zero-order chi connectivity index (χ0) is 22.9. The van der Waals surface area contributed by atoms with Gasteiger partial charge in [0.2, 0.25) is 5.82 Å². The van der Waals surface area contributed by atoms with E-state index in [2.05, 4.69) is 15.5 Å². The van der Waals surface area contributed by atoms with E-state index in [1.807, 2.05) is 17.5 Å². The lowest BCUT2D eigenvalue weighted by Gasteiger charge is -2.35. The van der Waals surface area contributed by atoms with Gasteiger partial charge < -0.3 is 9.84 Å². The minimum atomic E-state index is -0.686. The molecule has 1 N–H and O–H groups in total. The molecule has 4 aromatic rings. The lowest BCUT2D eigenvalue weighted by Crippen LogP contribution is -2.45. The van der Waals surface area contributed by atoms with Crippen LogP contribution in [-0.4, -0.2) is 21.1 Å². The van der Waals surface area contributed by atoms with Crippen molar-refractivity contribution in [2.45, 2.75) is 19.5 Å². The Bertz CT molecular complexity index is 1330. The molecule has 1 aliphatic rings. The van der Waals surface area contributed by atoms with Crippen LogP contribution in [0.2, 0.25) is 0 Å². The Hall–Kier alpha value is -3.85. The van der Waals surface area contributed by atoms with Crippen LogP contribution in [0, 0.1) is 11.6 Å². The normalized spacial score (nSPS) is 16.3. The second-order valence-electron chi connectivity index (χ2n) is 7.55. The molecule has 166 valence electrons. The van der Waals surface area contributed by atoms with Crippen LogP contribution in [0.15, 0.2) is 76.3 Å². The van der Waals surface area contributed by atoms with Crippen molar-refractivity contribution in [2.75, 3.05) is 0 Å². The van der Waals surface area contributed by atoms with Crippen LogP contribution in [0.5, 0.6) is 0 Å². The number of benzene rings is 2. The van der Waals surface area contributed by atoms with Crippen molar-refractivity contribution in [3.05, 3.63) is 100 Å². The molecule has 6 nitrogen and oxygen atoms in total. The zero-order valence-corrected chi connectivity index (χ0v) is 18.3. The smallest absolute Gasteiger partial charge is 0.322 e. The van der Waals surface area contributed by atoms with E-state index >= 15 is 0 Å². The topological polar surface area (TPSA) is 71.3 Å². The molecule has 0 saturated carbocycles. The first-order chi connectivity index (χ1) is 16.0. The van der Waals surface area contributed by atoms with Crippen LogP contribution in [0.4, 0.5) is 13.6 Å². The Kier molecular flexibility index (Phi) is 5.47. The monoisotopic (exact) mass is 464 g/mol. The van der Waals surface area contributed by atoms with Gasteiger partial charge >= 0.3 is 6.03 Å². The molecule has 2 amide bonds. The molecule has 1 aliphatic heterocycles. The van der Waals surface area contributed by atoms with Gasteiger partial charge in [-0.05, 0) is 53.8 Å². The zero-order valence-electron chi connectivity index (χ0n) is 17.5. The lowest BCUT2D eigenvalue weighted by atomic mass is 9.94. The summed E-state index contributed by atoms with van der Waals surface area (Å²) >= 11 is 1.48. The molecule has 1 atom stereocenters. The Balaban J connectivity index is 1.60. The summed E-state index contributed by atoms with van der Waals surface area (Å²) in [4.78, 5) is 20.0. The second kappa shape index (κ2) is 8.59. The van der Waals surface area contributed by atoms with E-state index in [9.17, 15) is 13.6 Å². The molecule has 0 aliphatic carbocycles. The summed E-state index contributed by atoms with van der Waals surface area (Å²) in [7, 11) is 0. The maximum Gasteiger partial charge on any atom is 0.322 e. The number of halogens is 2. The molecular weight excluding hydrogens is 446 g/mol. The van der Waals surface area contributed by atoms with Crippen molar-refractivity contribution in [3.63, 3.8) is 0 Å². The minimum Gasteiger partial charge on any atom is -0.334 e. The number of urea groups is 1. The van der Waals surface area contributed by atoms with Crippen LogP contribution in [-0.2, 0) is 6.54 Å². The number of carbonyl (C=O) groups excluding carboxylic acids is 1. The summed E-state index contributed by atoms with van der Waals surface area (Å²) in [5.41, 5.74) is 2.45.